The van der Waals surface area contributed by atoms with Crippen LogP contribution in [-0.4, -0.2) is 38.5 Å². The van der Waals surface area contributed by atoms with Crippen LogP contribution < -0.4 is 16.0 Å². The number of anilines is 1. The molecule has 0 saturated heterocycles. The zero-order valence-corrected chi connectivity index (χ0v) is 10.7. The number of thioether (sulfide) groups is 1. The SMILES string of the molecule is CCCOc1nc(NN)nc(SC(C)CO)n1. The van der Waals surface area contributed by atoms with E-state index < -0.39 is 0 Å². The van der Waals surface area contributed by atoms with Crippen molar-refractivity contribution >= 4 is 17.7 Å². The normalized spacial score (nSPS) is 12.2. The van der Waals surface area contributed by atoms with Gasteiger partial charge in [-0.15, -0.1) is 0 Å². The Hall–Kier alpha value is -1.12. The summed E-state index contributed by atoms with van der Waals surface area (Å²) in [7, 11) is 0. The molecule has 1 atom stereocenters. The lowest BCUT2D eigenvalue weighted by Gasteiger charge is -2.09. The Morgan fingerprint density at radius 1 is 1.47 bits per heavy atom. The summed E-state index contributed by atoms with van der Waals surface area (Å²) in [6, 6.07) is 0.238. The molecule has 0 fully saturated rings. The van der Waals surface area contributed by atoms with Gasteiger partial charge in [0.2, 0.25) is 5.95 Å². The topological polar surface area (TPSA) is 106 Å². The van der Waals surface area contributed by atoms with Crippen molar-refractivity contribution in [3.05, 3.63) is 0 Å². The minimum absolute atomic E-state index is 0.00190. The Morgan fingerprint density at radius 3 is 2.82 bits per heavy atom. The van der Waals surface area contributed by atoms with Crippen molar-refractivity contribution < 1.29 is 9.84 Å². The summed E-state index contributed by atoms with van der Waals surface area (Å²) in [5.41, 5.74) is 2.36. The van der Waals surface area contributed by atoms with Crippen molar-refractivity contribution in [3.63, 3.8) is 0 Å². The summed E-state index contributed by atoms with van der Waals surface area (Å²) in [6.45, 7) is 4.45. The van der Waals surface area contributed by atoms with Crippen molar-refractivity contribution in [2.45, 2.75) is 30.7 Å². The molecule has 1 aromatic rings. The molecule has 0 aliphatic heterocycles. The highest BCUT2D eigenvalue weighted by molar-refractivity contribution is 7.99. The first-order valence-electron chi connectivity index (χ1n) is 5.32. The zero-order chi connectivity index (χ0) is 12.7. The number of rotatable bonds is 7. The fourth-order valence-electron chi connectivity index (χ4n) is 0.930. The molecule has 96 valence electrons. The third-order valence-electron chi connectivity index (χ3n) is 1.72. The molecule has 0 aromatic carbocycles. The predicted molar refractivity (Wildman–Crippen MR) is 65.8 cm³/mol. The number of hydrazine groups is 1. The average Bonchev–Trinajstić information content (AvgIpc) is 2.35. The quantitative estimate of drug-likeness (QED) is 0.367. The Bertz CT molecular complexity index is 352. The van der Waals surface area contributed by atoms with Gasteiger partial charge in [0, 0.05) is 5.25 Å². The van der Waals surface area contributed by atoms with Crippen molar-refractivity contribution in [2.24, 2.45) is 5.84 Å². The van der Waals surface area contributed by atoms with Crippen LogP contribution in [0.5, 0.6) is 6.01 Å². The van der Waals surface area contributed by atoms with Gasteiger partial charge < -0.3 is 9.84 Å². The molecule has 1 aromatic heterocycles. The number of nitrogens with zero attached hydrogens (tertiary/aromatic N) is 3. The third kappa shape index (κ3) is 4.72. The van der Waals surface area contributed by atoms with Crippen LogP contribution in [-0.2, 0) is 0 Å². The molecule has 0 bridgehead atoms. The Balaban J connectivity index is 2.80. The molecule has 0 radical (unpaired) electrons. The van der Waals surface area contributed by atoms with Crippen LogP contribution in [0.1, 0.15) is 20.3 Å². The second-order valence-electron chi connectivity index (χ2n) is 3.33. The summed E-state index contributed by atoms with van der Waals surface area (Å²) in [5.74, 6) is 5.51. The highest BCUT2D eigenvalue weighted by atomic mass is 32.2. The maximum absolute atomic E-state index is 8.97. The lowest BCUT2D eigenvalue weighted by atomic mass is 10.5. The molecule has 1 heterocycles. The van der Waals surface area contributed by atoms with Crippen molar-refractivity contribution in [2.75, 3.05) is 18.6 Å². The first-order chi connectivity index (χ1) is 8.19. The minimum atomic E-state index is 0.00190. The first-order valence-corrected chi connectivity index (χ1v) is 6.20. The maximum atomic E-state index is 8.97. The molecule has 0 spiro atoms. The van der Waals surface area contributed by atoms with E-state index in [-0.39, 0.29) is 23.8 Å². The standard InChI is InChI=1S/C9H17N5O2S/c1-3-4-16-8-11-7(14-10)12-9(13-8)17-6(2)5-15/h6,15H,3-5,10H2,1-2H3,(H,11,12,13,14). The van der Waals surface area contributed by atoms with Crippen molar-refractivity contribution in [3.8, 4) is 6.01 Å². The number of nitrogens with one attached hydrogen (secondary N) is 1. The fourth-order valence-corrected chi connectivity index (χ4v) is 1.63. The molecule has 1 unspecified atom stereocenters. The van der Waals surface area contributed by atoms with Crippen molar-refractivity contribution in [1.29, 1.82) is 0 Å². The number of nitrogen functional groups attached to an aromatic ring is 1. The molecule has 8 heteroatoms. The Morgan fingerprint density at radius 2 is 2.24 bits per heavy atom. The van der Waals surface area contributed by atoms with E-state index in [4.69, 9.17) is 15.7 Å². The van der Waals surface area contributed by atoms with E-state index in [2.05, 4.69) is 20.4 Å². The molecule has 0 saturated carbocycles. The van der Waals surface area contributed by atoms with Gasteiger partial charge >= 0.3 is 6.01 Å². The molecule has 17 heavy (non-hydrogen) atoms. The number of nitrogens with two attached hydrogens (primary N) is 1. The Labute approximate surface area is 104 Å². The van der Waals surface area contributed by atoms with E-state index in [0.717, 1.165) is 6.42 Å². The number of aliphatic hydroxyl groups is 1. The van der Waals surface area contributed by atoms with E-state index in [0.29, 0.717) is 11.8 Å². The molecular weight excluding hydrogens is 242 g/mol. The molecule has 1 rings (SSSR count). The molecule has 4 N–H and O–H groups in total. The van der Waals surface area contributed by atoms with E-state index in [1.807, 2.05) is 13.8 Å². The molecule has 0 aliphatic rings. The van der Waals surface area contributed by atoms with Crippen LogP contribution in [0.15, 0.2) is 5.16 Å². The highest BCUT2D eigenvalue weighted by Gasteiger charge is 2.10. The summed E-state index contributed by atoms with van der Waals surface area (Å²) in [6.07, 6.45) is 0.868. The first kappa shape index (κ1) is 13.9. The second kappa shape index (κ2) is 7.25. The number of aliphatic hydroxyl groups excluding tert-OH is 1. The van der Waals surface area contributed by atoms with Crippen LogP contribution in [0.4, 0.5) is 5.95 Å². The van der Waals surface area contributed by atoms with Crippen LogP contribution in [0.2, 0.25) is 0 Å². The van der Waals surface area contributed by atoms with Gasteiger partial charge in [-0.2, -0.15) is 15.0 Å². The van der Waals surface area contributed by atoms with Gasteiger partial charge in [0.15, 0.2) is 5.16 Å². The summed E-state index contributed by atoms with van der Waals surface area (Å²) < 4.78 is 5.32. The number of hydrogen-bond acceptors (Lipinski definition) is 8. The van der Waals surface area contributed by atoms with E-state index in [9.17, 15) is 0 Å². The average molecular weight is 259 g/mol. The van der Waals surface area contributed by atoms with Gasteiger partial charge in [0.1, 0.15) is 0 Å². The maximum Gasteiger partial charge on any atom is 0.322 e. The second-order valence-corrected chi connectivity index (χ2v) is 4.73. The summed E-state index contributed by atoms with van der Waals surface area (Å²) in [5, 5.41) is 9.44. The van der Waals surface area contributed by atoms with Crippen molar-refractivity contribution in [1.82, 2.24) is 15.0 Å². The molecule has 7 nitrogen and oxygen atoms in total. The van der Waals surface area contributed by atoms with Gasteiger partial charge in [-0.1, -0.05) is 25.6 Å². The third-order valence-corrected chi connectivity index (χ3v) is 2.67. The Kier molecular flexibility index (Phi) is 5.95. The van der Waals surface area contributed by atoms with Gasteiger partial charge in [0.05, 0.1) is 13.2 Å². The van der Waals surface area contributed by atoms with Gasteiger partial charge in [-0.05, 0) is 6.42 Å². The smallest absolute Gasteiger partial charge is 0.322 e. The highest BCUT2D eigenvalue weighted by Crippen LogP contribution is 2.21. The zero-order valence-electron chi connectivity index (χ0n) is 9.88. The lowest BCUT2D eigenvalue weighted by Crippen LogP contribution is -2.14. The lowest BCUT2D eigenvalue weighted by molar-refractivity contribution is 0.288. The van der Waals surface area contributed by atoms with Crippen LogP contribution in [0.3, 0.4) is 0 Å². The number of aromatic nitrogens is 3. The monoisotopic (exact) mass is 259 g/mol. The van der Waals surface area contributed by atoms with Crippen LogP contribution >= 0.6 is 11.8 Å². The van der Waals surface area contributed by atoms with Gasteiger partial charge in [0.25, 0.3) is 0 Å². The number of ether oxygens (including phenoxy) is 1. The molecule has 0 aliphatic carbocycles. The van der Waals surface area contributed by atoms with E-state index >= 15 is 0 Å². The number of hydrogen-bond donors (Lipinski definition) is 3. The predicted octanol–water partition coefficient (Wildman–Crippen LogP) is 0.419. The summed E-state index contributed by atoms with van der Waals surface area (Å²) >= 11 is 1.33. The van der Waals surface area contributed by atoms with Gasteiger partial charge in [-0.3, -0.25) is 5.43 Å². The fraction of sp³-hybridized carbons (Fsp3) is 0.667. The summed E-state index contributed by atoms with van der Waals surface area (Å²) in [4.78, 5) is 12.1. The van der Waals surface area contributed by atoms with E-state index in [1.165, 1.54) is 11.8 Å². The molecular formula is C9H17N5O2S. The molecule has 0 amide bonds. The van der Waals surface area contributed by atoms with Crippen LogP contribution in [0.25, 0.3) is 0 Å². The largest absolute Gasteiger partial charge is 0.463 e. The minimum Gasteiger partial charge on any atom is -0.463 e. The van der Waals surface area contributed by atoms with Gasteiger partial charge in [-0.25, -0.2) is 5.84 Å². The van der Waals surface area contributed by atoms with Crippen LogP contribution in [0, 0.1) is 0 Å². The van der Waals surface area contributed by atoms with E-state index in [1.54, 1.807) is 0 Å².